The summed E-state index contributed by atoms with van der Waals surface area (Å²) < 4.78 is 5.68. The molecular weight excluding hydrogens is 226 g/mol. The van der Waals surface area contributed by atoms with Crippen LogP contribution in [0.5, 0.6) is 5.75 Å². The van der Waals surface area contributed by atoms with E-state index in [1.165, 1.54) is 5.56 Å². The van der Waals surface area contributed by atoms with Crippen molar-refractivity contribution in [2.75, 3.05) is 20.2 Å². The van der Waals surface area contributed by atoms with Gasteiger partial charge in [0.2, 0.25) is 0 Å². The highest BCUT2D eigenvalue weighted by molar-refractivity contribution is 5.26. The van der Waals surface area contributed by atoms with E-state index in [0.29, 0.717) is 6.61 Å². The maximum Gasteiger partial charge on any atom is 0.120 e. The lowest BCUT2D eigenvalue weighted by molar-refractivity contribution is 0.230. The Morgan fingerprint density at radius 1 is 1.28 bits per heavy atom. The van der Waals surface area contributed by atoms with Gasteiger partial charge in [-0.2, -0.15) is 0 Å². The van der Waals surface area contributed by atoms with Crippen LogP contribution in [-0.2, 0) is 6.54 Å². The average Bonchev–Trinajstić information content (AvgIpc) is 2.84. The lowest BCUT2D eigenvalue weighted by Gasteiger charge is -2.15. The number of nitrogens with zero attached hydrogens (tertiary/aromatic N) is 2. The number of ether oxygens (including phenoxy) is 1. The van der Waals surface area contributed by atoms with Gasteiger partial charge in [0.25, 0.3) is 0 Å². The maximum absolute atomic E-state index is 5.68. The molecule has 0 spiro atoms. The van der Waals surface area contributed by atoms with Crippen LogP contribution in [0, 0.1) is 6.92 Å². The fourth-order valence-electron chi connectivity index (χ4n) is 1.67. The van der Waals surface area contributed by atoms with E-state index in [2.05, 4.69) is 41.0 Å². The molecule has 1 aromatic heterocycles. The van der Waals surface area contributed by atoms with Crippen LogP contribution in [0.4, 0.5) is 0 Å². The number of benzene rings is 1. The maximum atomic E-state index is 5.68. The molecule has 18 heavy (non-hydrogen) atoms. The Balaban J connectivity index is 1.70. The van der Waals surface area contributed by atoms with Gasteiger partial charge in [0.15, 0.2) is 0 Å². The van der Waals surface area contributed by atoms with Crippen molar-refractivity contribution in [3.8, 4) is 5.75 Å². The molecule has 0 aliphatic rings. The van der Waals surface area contributed by atoms with E-state index in [1.54, 1.807) is 6.20 Å². The third-order valence-electron chi connectivity index (χ3n) is 2.74. The van der Waals surface area contributed by atoms with Gasteiger partial charge in [-0.3, -0.25) is 4.90 Å². The Morgan fingerprint density at radius 3 is 2.72 bits per heavy atom. The van der Waals surface area contributed by atoms with Gasteiger partial charge in [-0.1, -0.05) is 17.7 Å². The summed E-state index contributed by atoms with van der Waals surface area (Å²) in [4.78, 5) is 9.46. The van der Waals surface area contributed by atoms with Crippen LogP contribution < -0.4 is 4.74 Å². The van der Waals surface area contributed by atoms with Crippen LogP contribution in [0.2, 0.25) is 0 Å². The van der Waals surface area contributed by atoms with Crippen molar-refractivity contribution in [3.05, 3.63) is 48.0 Å². The second kappa shape index (κ2) is 6.21. The molecule has 2 aromatic rings. The molecule has 0 aliphatic heterocycles. The molecule has 2 rings (SSSR count). The predicted octanol–water partition coefficient (Wildman–Crippen LogP) is 2.23. The lowest BCUT2D eigenvalue weighted by Crippen LogP contribution is -2.24. The van der Waals surface area contributed by atoms with E-state index < -0.39 is 0 Å². The van der Waals surface area contributed by atoms with Crippen LogP contribution in [0.15, 0.2) is 36.7 Å². The first-order valence-corrected chi connectivity index (χ1v) is 6.10. The van der Waals surface area contributed by atoms with Crippen molar-refractivity contribution in [3.63, 3.8) is 0 Å². The molecule has 4 nitrogen and oxygen atoms in total. The molecular formula is C14H19N3O. The second-order valence-corrected chi connectivity index (χ2v) is 4.44. The highest BCUT2D eigenvalue weighted by atomic mass is 16.5. The predicted molar refractivity (Wildman–Crippen MR) is 71.6 cm³/mol. The summed E-state index contributed by atoms with van der Waals surface area (Å²) in [5.74, 6) is 1.90. The van der Waals surface area contributed by atoms with E-state index in [4.69, 9.17) is 4.74 Å². The van der Waals surface area contributed by atoms with Crippen molar-refractivity contribution >= 4 is 0 Å². The van der Waals surface area contributed by atoms with Gasteiger partial charge < -0.3 is 9.72 Å². The normalized spacial score (nSPS) is 10.8. The minimum atomic E-state index is 0.681. The first-order chi connectivity index (χ1) is 8.74. The van der Waals surface area contributed by atoms with Crippen LogP contribution >= 0.6 is 0 Å². The summed E-state index contributed by atoms with van der Waals surface area (Å²) in [5, 5.41) is 0. The number of rotatable bonds is 6. The zero-order valence-electron chi connectivity index (χ0n) is 10.9. The van der Waals surface area contributed by atoms with Crippen LogP contribution in [0.3, 0.4) is 0 Å². The molecule has 0 saturated heterocycles. The van der Waals surface area contributed by atoms with Gasteiger partial charge in [-0.25, -0.2) is 4.98 Å². The molecule has 1 aromatic carbocycles. The number of aromatic nitrogens is 2. The Morgan fingerprint density at radius 2 is 2.06 bits per heavy atom. The summed E-state index contributed by atoms with van der Waals surface area (Å²) in [6.07, 6.45) is 3.61. The summed E-state index contributed by atoms with van der Waals surface area (Å²) in [6, 6.07) is 8.12. The first-order valence-electron chi connectivity index (χ1n) is 6.10. The largest absolute Gasteiger partial charge is 0.492 e. The quantitative estimate of drug-likeness (QED) is 0.848. The van der Waals surface area contributed by atoms with Crippen molar-refractivity contribution in [1.29, 1.82) is 0 Å². The summed E-state index contributed by atoms with van der Waals surface area (Å²) in [5.41, 5.74) is 1.25. The Hall–Kier alpha value is -1.81. The zero-order chi connectivity index (χ0) is 12.8. The van der Waals surface area contributed by atoms with E-state index in [0.717, 1.165) is 24.7 Å². The first kappa shape index (κ1) is 12.6. The molecule has 0 amide bonds. The Labute approximate surface area is 108 Å². The Bertz CT molecular complexity index is 450. The SMILES string of the molecule is Cc1ccc(OCCN(C)Cc2ncc[nH]2)cc1. The number of H-pyrrole nitrogens is 1. The molecule has 1 N–H and O–H groups in total. The molecule has 0 atom stereocenters. The van der Waals surface area contributed by atoms with Gasteiger partial charge in [-0.05, 0) is 26.1 Å². The molecule has 0 bridgehead atoms. The Kier molecular flexibility index (Phi) is 4.36. The van der Waals surface area contributed by atoms with Crippen LogP contribution in [0.25, 0.3) is 0 Å². The molecule has 0 saturated carbocycles. The molecule has 4 heteroatoms. The van der Waals surface area contributed by atoms with Crippen LogP contribution in [0.1, 0.15) is 11.4 Å². The standard InChI is InChI=1S/C14H19N3O/c1-12-3-5-13(6-4-12)18-10-9-17(2)11-14-15-7-8-16-14/h3-8H,9-11H2,1-2H3,(H,15,16). The van der Waals surface area contributed by atoms with Crippen molar-refractivity contribution < 1.29 is 4.74 Å². The van der Waals surface area contributed by atoms with Gasteiger partial charge in [0, 0.05) is 18.9 Å². The fraction of sp³-hybridized carbons (Fsp3) is 0.357. The number of aromatic amines is 1. The van der Waals surface area contributed by atoms with Gasteiger partial charge in [0.05, 0.1) is 6.54 Å². The number of hydrogen-bond donors (Lipinski definition) is 1. The smallest absolute Gasteiger partial charge is 0.120 e. The monoisotopic (exact) mass is 245 g/mol. The van der Waals surface area contributed by atoms with E-state index in [9.17, 15) is 0 Å². The van der Waals surface area contributed by atoms with Gasteiger partial charge >= 0.3 is 0 Å². The summed E-state index contributed by atoms with van der Waals surface area (Å²) in [7, 11) is 2.06. The average molecular weight is 245 g/mol. The number of nitrogens with one attached hydrogen (secondary N) is 1. The molecule has 96 valence electrons. The topological polar surface area (TPSA) is 41.1 Å². The minimum Gasteiger partial charge on any atom is -0.492 e. The third-order valence-corrected chi connectivity index (χ3v) is 2.74. The highest BCUT2D eigenvalue weighted by Gasteiger charge is 2.02. The molecule has 0 radical (unpaired) electrons. The molecule has 1 heterocycles. The minimum absolute atomic E-state index is 0.681. The molecule has 0 fully saturated rings. The van der Waals surface area contributed by atoms with E-state index >= 15 is 0 Å². The van der Waals surface area contributed by atoms with Crippen molar-refractivity contribution in [2.45, 2.75) is 13.5 Å². The second-order valence-electron chi connectivity index (χ2n) is 4.44. The van der Waals surface area contributed by atoms with Gasteiger partial charge in [0.1, 0.15) is 18.2 Å². The van der Waals surface area contributed by atoms with Gasteiger partial charge in [-0.15, -0.1) is 0 Å². The van der Waals surface area contributed by atoms with E-state index in [-0.39, 0.29) is 0 Å². The van der Waals surface area contributed by atoms with Crippen molar-refractivity contribution in [2.24, 2.45) is 0 Å². The third kappa shape index (κ3) is 3.89. The lowest BCUT2D eigenvalue weighted by atomic mass is 10.2. The molecule has 0 aliphatic carbocycles. The summed E-state index contributed by atoms with van der Waals surface area (Å²) >= 11 is 0. The fourth-order valence-corrected chi connectivity index (χ4v) is 1.67. The highest BCUT2D eigenvalue weighted by Crippen LogP contribution is 2.11. The van der Waals surface area contributed by atoms with Crippen LogP contribution in [-0.4, -0.2) is 35.1 Å². The number of likely N-dealkylation sites (N-methyl/N-ethyl adjacent to an activating group) is 1. The number of aryl methyl sites for hydroxylation is 1. The van der Waals surface area contributed by atoms with Crippen molar-refractivity contribution in [1.82, 2.24) is 14.9 Å². The van der Waals surface area contributed by atoms with E-state index in [1.807, 2.05) is 18.3 Å². The zero-order valence-corrected chi connectivity index (χ0v) is 10.9. The molecule has 0 unspecified atom stereocenters. The summed E-state index contributed by atoms with van der Waals surface area (Å²) in [6.45, 7) is 4.43. The number of imidazole rings is 1. The number of hydrogen-bond acceptors (Lipinski definition) is 3.